The number of carbonyl (C=O) groups is 1. The van der Waals surface area contributed by atoms with Crippen LogP contribution in [0.5, 0.6) is 0 Å². The van der Waals surface area contributed by atoms with Gasteiger partial charge in [-0.3, -0.25) is 4.79 Å². The number of piperidine rings is 1. The minimum Gasteiger partial charge on any atom is -0.376 e. The van der Waals surface area contributed by atoms with Gasteiger partial charge in [0.2, 0.25) is 5.91 Å². The van der Waals surface area contributed by atoms with Crippen LogP contribution in [0.4, 0.5) is 0 Å². The second-order valence-corrected chi connectivity index (χ2v) is 5.18. The highest BCUT2D eigenvalue weighted by atomic mass is 16.5. The van der Waals surface area contributed by atoms with Crippen LogP contribution in [0.3, 0.4) is 0 Å². The molecule has 86 valence electrons. The van der Waals surface area contributed by atoms with E-state index >= 15 is 0 Å². The Balaban J connectivity index is 2.19. The number of carbonyl (C=O) groups excluding carboxylic acids is 1. The summed E-state index contributed by atoms with van der Waals surface area (Å²) < 4.78 is 5.88. The van der Waals surface area contributed by atoms with Crippen molar-refractivity contribution in [2.75, 3.05) is 13.7 Å². The number of likely N-dealkylation sites (tertiary alicyclic amines) is 1. The monoisotopic (exact) mass is 211 g/mol. The van der Waals surface area contributed by atoms with Crippen molar-refractivity contribution < 1.29 is 9.53 Å². The van der Waals surface area contributed by atoms with Crippen molar-refractivity contribution in [2.45, 2.75) is 45.3 Å². The number of rotatable bonds is 1. The van der Waals surface area contributed by atoms with Gasteiger partial charge in [0.15, 0.2) is 0 Å². The van der Waals surface area contributed by atoms with Crippen molar-refractivity contribution in [2.24, 2.45) is 11.8 Å². The molecular weight excluding hydrogens is 190 g/mol. The zero-order valence-corrected chi connectivity index (χ0v) is 9.90. The third-order valence-electron chi connectivity index (χ3n) is 3.79. The van der Waals surface area contributed by atoms with Gasteiger partial charge in [0, 0.05) is 20.1 Å². The second kappa shape index (κ2) is 4.12. The molecule has 0 bridgehead atoms. The third kappa shape index (κ3) is 1.89. The molecule has 0 radical (unpaired) electrons. The van der Waals surface area contributed by atoms with Gasteiger partial charge < -0.3 is 9.64 Å². The number of amides is 1. The largest absolute Gasteiger partial charge is 0.376 e. The molecule has 3 atom stereocenters. The number of hydrogen-bond acceptors (Lipinski definition) is 2. The van der Waals surface area contributed by atoms with Gasteiger partial charge in [0.1, 0.15) is 0 Å². The van der Waals surface area contributed by atoms with E-state index in [1.165, 1.54) is 0 Å². The summed E-state index contributed by atoms with van der Waals surface area (Å²) in [5.41, 5.74) is 0. The maximum absolute atomic E-state index is 11.8. The molecule has 3 heteroatoms. The van der Waals surface area contributed by atoms with Crippen molar-refractivity contribution in [3.8, 4) is 0 Å². The first kappa shape index (κ1) is 10.9. The van der Waals surface area contributed by atoms with Gasteiger partial charge in [-0.1, -0.05) is 13.8 Å². The molecule has 2 saturated heterocycles. The van der Waals surface area contributed by atoms with E-state index < -0.39 is 0 Å². The van der Waals surface area contributed by atoms with Crippen LogP contribution in [0.15, 0.2) is 0 Å². The Morgan fingerprint density at radius 2 is 2.20 bits per heavy atom. The standard InChI is InChI=1S/C12H21NO2/c1-8(2)11-12-9(5-4-6-15-12)7-10(14)13(11)3/h8-9,11-12H,4-7H2,1-3H3. The van der Waals surface area contributed by atoms with Crippen molar-refractivity contribution >= 4 is 5.91 Å². The van der Waals surface area contributed by atoms with Crippen LogP contribution < -0.4 is 0 Å². The lowest BCUT2D eigenvalue weighted by atomic mass is 9.79. The van der Waals surface area contributed by atoms with Crippen molar-refractivity contribution in [3.63, 3.8) is 0 Å². The van der Waals surface area contributed by atoms with Crippen LogP contribution in [-0.2, 0) is 9.53 Å². The molecule has 0 aromatic rings. The first-order valence-electron chi connectivity index (χ1n) is 5.98. The van der Waals surface area contributed by atoms with Gasteiger partial charge in [-0.15, -0.1) is 0 Å². The van der Waals surface area contributed by atoms with Gasteiger partial charge in [-0.25, -0.2) is 0 Å². The molecule has 2 aliphatic heterocycles. The lowest BCUT2D eigenvalue weighted by molar-refractivity contribution is -0.157. The summed E-state index contributed by atoms with van der Waals surface area (Å²) in [6, 6.07) is 0.275. The molecule has 0 N–H and O–H groups in total. The van der Waals surface area contributed by atoms with Crippen molar-refractivity contribution in [1.29, 1.82) is 0 Å². The highest BCUT2D eigenvalue weighted by molar-refractivity contribution is 5.77. The Bertz CT molecular complexity index is 252. The molecule has 0 spiro atoms. The summed E-state index contributed by atoms with van der Waals surface area (Å²) in [5.74, 6) is 1.24. The minimum atomic E-state index is 0.275. The lowest BCUT2D eigenvalue weighted by Crippen LogP contribution is -2.57. The first-order chi connectivity index (χ1) is 7.11. The van der Waals surface area contributed by atoms with E-state index in [0.29, 0.717) is 24.2 Å². The molecule has 1 amide bonds. The summed E-state index contributed by atoms with van der Waals surface area (Å²) in [7, 11) is 1.92. The van der Waals surface area contributed by atoms with Crippen LogP contribution >= 0.6 is 0 Å². The minimum absolute atomic E-state index is 0.275. The number of nitrogens with zero attached hydrogens (tertiary/aromatic N) is 1. The van der Waals surface area contributed by atoms with Crippen LogP contribution in [0.25, 0.3) is 0 Å². The average Bonchev–Trinajstić information content (AvgIpc) is 2.19. The molecular formula is C12H21NO2. The van der Waals surface area contributed by atoms with Gasteiger partial charge >= 0.3 is 0 Å². The molecule has 3 unspecified atom stereocenters. The zero-order chi connectivity index (χ0) is 11.0. The predicted molar refractivity (Wildman–Crippen MR) is 58.5 cm³/mol. The summed E-state index contributed by atoms with van der Waals surface area (Å²) >= 11 is 0. The van der Waals surface area contributed by atoms with Crippen LogP contribution in [0.2, 0.25) is 0 Å². The molecule has 0 saturated carbocycles. The molecule has 0 aliphatic carbocycles. The van der Waals surface area contributed by atoms with Crippen molar-refractivity contribution in [3.05, 3.63) is 0 Å². The molecule has 2 aliphatic rings. The Kier molecular flexibility index (Phi) is 3.01. The van der Waals surface area contributed by atoms with Gasteiger partial charge in [-0.2, -0.15) is 0 Å². The zero-order valence-electron chi connectivity index (χ0n) is 9.90. The van der Waals surface area contributed by atoms with Crippen molar-refractivity contribution in [1.82, 2.24) is 4.90 Å². The Labute approximate surface area is 91.8 Å². The smallest absolute Gasteiger partial charge is 0.223 e. The fraction of sp³-hybridized carbons (Fsp3) is 0.917. The molecule has 15 heavy (non-hydrogen) atoms. The van der Waals surface area contributed by atoms with Gasteiger partial charge in [0.25, 0.3) is 0 Å². The summed E-state index contributed by atoms with van der Waals surface area (Å²) in [4.78, 5) is 13.7. The fourth-order valence-corrected chi connectivity index (χ4v) is 3.04. The molecule has 2 heterocycles. The normalized spacial score (nSPS) is 36.9. The van der Waals surface area contributed by atoms with E-state index in [0.717, 1.165) is 19.4 Å². The van der Waals surface area contributed by atoms with E-state index in [2.05, 4.69) is 13.8 Å². The van der Waals surface area contributed by atoms with Gasteiger partial charge in [0.05, 0.1) is 12.1 Å². The Hall–Kier alpha value is -0.570. The molecule has 2 rings (SSSR count). The van der Waals surface area contributed by atoms with E-state index in [1.54, 1.807) is 0 Å². The summed E-state index contributed by atoms with van der Waals surface area (Å²) in [6.07, 6.45) is 3.24. The fourth-order valence-electron chi connectivity index (χ4n) is 3.04. The highest BCUT2D eigenvalue weighted by Gasteiger charge is 2.43. The number of fused-ring (bicyclic) bond motifs is 1. The Morgan fingerprint density at radius 1 is 1.47 bits per heavy atom. The number of ether oxygens (including phenoxy) is 1. The van der Waals surface area contributed by atoms with Gasteiger partial charge in [-0.05, 0) is 24.7 Å². The van der Waals surface area contributed by atoms with Crippen LogP contribution in [0.1, 0.15) is 33.1 Å². The third-order valence-corrected chi connectivity index (χ3v) is 3.79. The predicted octanol–water partition coefficient (Wildman–Crippen LogP) is 1.67. The maximum Gasteiger partial charge on any atom is 0.223 e. The molecule has 3 nitrogen and oxygen atoms in total. The van der Waals surface area contributed by atoms with E-state index in [9.17, 15) is 4.79 Å². The van der Waals surface area contributed by atoms with Crippen LogP contribution in [0, 0.1) is 11.8 Å². The molecule has 0 aromatic heterocycles. The first-order valence-corrected chi connectivity index (χ1v) is 5.98. The summed E-state index contributed by atoms with van der Waals surface area (Å²) in [5, 5.41) is 0. The maximum atomic E-state index is 11.8. The second-order valence-electron chi connectivity index (χ2n) is 5.18. The SMILES string of the molecule is CC(C)C1C2OCCCC2CC(=O)N1C. The quantitative estimate of drug-likeness (QED) is 0.660. The highest BCUT2D eigenvalue weighted by Crippen LogP contribution is 2.35. The average molecular weight is 211 g/mol. The molecule has 2 fully saturated rings. The number of likely N-dealkylation sites (N-methyl/N-ethyl adjacent to an activating group) is 1. The molecule has 0 aromatic carbocycles. The van der Waals surface area contributed by atoms with E-state index in [-0.39, 0.29) is 12.1 Å². The van der Waals surface area contributed by atoms with E-state index in [4.69, 9.17) is 4.74 Å². The van der Waals surface area contributed by atoms with Crippen LogP contribution in [-0.4, -0.2) is 36.6 Å². The topological polar surface area (TPSA) is 29.5 Å². The van der Waals surface area contributed by atoms with E-state index in [1.807, 2.05) is 11.9 Å². The summed E-state index contributed by atoms with van der Waals surface area (Å²) in [6.45, 7) is 5.22. The lowest BCUT2D eigenvalue weighted by Gasteiger charge is -2.47. The number of hydrogen-bond donors (Lipinski definition) is 0. The Morgan fingerprint density at radius 3 is 2.87 bits per heavy atom.